The summed E-state index contributed by atoms with van der Waals surface area (Å²) in [4.78, 5) is 34.7. The second-order valence-corrected chi connectivity index (χ2v) is 3.44. The zero-order valence-electron chi connectivity index (χ0n) is 8.52. The molecule has 6 heteroatoms. The molecule has 1 fully saturated rings. The Morgan fingerprint density at radius 1 is 1.60 bits per heavy atom. The minimum atomic E-state index is -0.728. The first-order chi connectivity index (χ1) is 7.06. The van der Waals surface area contributed by atoms with Crippen LogP contribution in [-0.4, -0.2) is 47.4 Å². The number of hydrogen-bond acceptors (Lipinski definition) is 4. The molecule has 3 amide bonds. The first-order valence-electron chi connectivity index (χ1n) is 4.77. The van der Waals surface area contributed by atoms with E-state index in [1.54, 1.807) is 0 Å². The Bertz CT molecular complexity index is 290. The largest absolute Gasteiger partial charge is 0.396 e. The van der Waals surface area contributed by atoms with Crippen molar-refractivity contribution in [1.82, 2.24) is 10.2 Å². The van der Waals surface area contributed by atoms with Crippen LogP contribution in [0.3, 0.4) is 0 Å². The molecule has 84 valence electrons. The van der Waals surface area contributed by atoms with E-state index in [1.165, 1.54) is 7.05 Å². The van der Waals surface area contributed by atoms with E-state index in [2.05, 4.69) is 5.32 Å². The van der Waals surface area contributed by atoms with Crippen molar-refractivity contribution in [3.05, 3.63) is 0 Å². The summed E-state index contributed by atoms with van der Waals surface area (Å²) < 4.78 is 0. The molecule has 0 aromatic heterocycles. The van der Waals surface area contributed by atoms with E-state index >= 15 is 0 Å². The zero-order chi connectivity index (χ0) is 11.4. The van der Waals surface area contributed by atoms with E-state index in [0.29, 0.717) is 6.42 Å². The molecule has 1 unspecified atom stereocenters. The highest BCUT2D eigenvalue weighted by atomic mass is 16.3. The molecular weight excluding hydrogens is 200 g/mol. The Balaban J connectivity index is 2.43. The molecule has 0 saturated carbocycles. The number of rotatable bonds is 4. The number of aliphatic hydroxyl groups excluding tert-OH is 1. The molecule has 1 rings (SSSR count). The number of nitrogens with zero attached hydrogens (tertiary/aromatic N) is 1. The Labute approximate surface area is 87.2 Å². The number of nitrogens with one attached hydrogen (secondary N) is 1. The van der Waals surface area contributed by atoms with E-state index in [1.807, 2.05) is 0 Å². The molecule has 1 aliphatic rings. The van der Waals surface area contributed by atoms with Crippen LogP contribution in [0.5, 0.6) is 0 Å². The third kappa shape index (κ3) is 2.76. The average Bonchev–Trinajstić information content (AvgIpc) is 2.43. The lowest BCUT2D eigenvalue weighted by Crippen LogP contribution is -2.40. The summed E-state index contributed by atoms with van der Waals surface area (Å²) in [6, 6.07) is -0.728. The van der Waals surface area contributed by atoms with E-state index < -0.39 is 6.04 Å². The van der Waals surface area contributed by atoms with Crippen molar-refractivity contribution >= 4 is 17.7 Å². The highest BCUT2D eigenvalue weighted by Gasteiger charge is 2.36. The van der Waals surface area contributed by atoms with Crippen LogP contribution < -0.4 is 5.32 Å². The molecule has 0 bridgehead atoms. The van der Waals surface area contributed by atoms with E-state index in [0.717, 1.165) is 4.90 Å². The summed E-state index contributed by atoms with van der Waals surface area (Å²) in [5.41, 5.74) is 0. The molecule has 15 heavy (non-hydrogen) atoms. The maximum absolute atomic E-state index is 11.4. The number of carbonyl (C=O) groups excluding carboxylic acids is 3. The van der Waals surface area contributed by atoms with E-state index in [-0.39, 0.29) is 37.2 Å². The number of carbonyl (C=O) groups is 3. The first kappa shape index (κ1) is 11.6. The summed E-state index contributed by atoms with van der Waals surface area (Å²) in [6.45, 7) is -0.0646. The Hall–Kier alpha value is -1.43. The van der Waals surface area contributed by atoms with Gasteiger partial charge in [-0.25, -0.2) is 0 Å². The quantitative estimate of drug-likeness (QED) is 0.565. The van der Waals surface area contributed by atoms with Crippen molar-refractivity contribution in [1.29, 1.82) is 0 Å². The van der Waals surface area contributed by atoms with Crippen LogP contribution in [0.1, 0.15) is 19.3 Å². The molecule has 0 spiro atoms. The number of imide groups is 1. The van der Waals surface area contributed by atoms with Gasteiger partial charge in [0, 0.05) is 20.1 Å². The second kappa shape index (κ2) is 4.88. The van der Waals surface area contributed by atoms with Crippen LogP contribution in [-0.2, 0) is 14.4 Å². The number of amides is 3. The first-order valence-corrected chi connectivity index (χ1v) is 4.77. The fraction of sp³-hybridized carbons (Fsp3) is 0.667. The van der Waals surface area contributed by atoms with Gasteiger partial charge in [-0.2, -0.15) is 0 Å². The summed E-state index contributed by atoms with van der Waals surface area (Å²) >= 11 is 0. The Kier molecular flexibility index (Phi) is 3.79. The average molecular weight is 214 g/mol. The minimum absolute atomic E-state index is 0.0280. The molecule has 0 aliphatic carbocycles. The number of hydrogen-bond donors (Lipinski definition) is 2. The Morgan fingerprint density at radius 2 is 2.27 bits per heavy atom. The molecule has 1 heterocycles. The smallest absolute Gasteiger partial charge is 0.252 e. The molecular formula is C9H14N2O4. The van der Waals surface area contributed by atoms with Crippen LogP contribution in [0, 0.1) is 0 Å². The number of likely N-dealkylation sites (N-methyl/N-ethyl adjacent to an activating group) is 1. The summed E-state index contributed by atoms with van der Waals surface area (Å²) in [6.07, 6.45) is 0.551. The van der Waals surface area contributed by atoms with Crippen LogP contribution >= 0.6 is 0 Å². The van der Waals surface area contributed by atoms with Gasteiger partial charge in [0.05, 0.1) is 6.42 Å². The van der Waals surface area contributed by atoms with Gasteiger partial charge in [-0.15, -0.1) is 0 Å². The molecule has 2 N–H and O–H groups in total. The fourth-order valence-electron chi connectivity index (χ4n) is 1.37. The SMILES string of the molecule is CN1C(=O)CC(NC(=O)CCCO)C1=O. The van der Waals surface area contributed by atoms with Gasteiger partial charge in [0.2, 0.25) is 11.8 Å². The van der Waals surface area contributed by atoms with Crippen molar-refractivity contribution in [2.75, 3.05) is 13.7 Å². The predicted octanol–water partition coefficient (Wildman–Crippen LogP) is -1.37. The van der Waals surface area contributed by atoms with Crippen LogP contribution in [0.25, 0.3) is 0 Å². The van der Waals surface area contributed by atoms with Crippen LogP contribution in [0.15, 0.2) is 0 Å². The van der Waals surface area contributed by atoms with Gasteiger partial charge < -0.3 is 10.4 Å². The van der Waals surface area contributed by atoms with Gasteiger partial charge in [-0.1, -0.05) is 0 Å². The third-order valence-electron chi connectivity index (χ3n) is 2.28. The molecule has 1 atom stereocenters. The standard InChI is InChI=1S/C9H14N2O4/c1-11-8(14)5-6(9(11)15)10-7(13)3-2-4-12/h6,12H,2-5H2,1H3,(H,10,13). The van der Waals surface area contributed by atoms with Gasteiger partial charge in [0.1, 0.15) is 6.04 Å². The highest BCUT2D eigenvalue weighted by molar-refractivity contribution is 6.06. The molecule has 1 aliphatic heterocycles. The van der Waals surface area contributed by atoms with E-state index in [4.69, 9.17) is 5.11 Å². The van der Waals surface area contributed by atoms with Gasteiger partial charge in [-0.3, -0.25) is 19.3 Å². The topological polar surface area (TPSA) is 86.7 Å². The summed E-state index contributed by atoms with van der Waals surface area (Å²) in [7, 11) is 1.39. The van der Waals surface area contributed by atoms with Gasteiger partial charge in [0.15, 0.2) is 0 Å². The summed E-state index contributed by atoms with van der Waals surface area (Å²) in [5, 5.41) is 11.0. The zero-order valence-corrected chi connectivity index (χ0v) is 8.52. The Morgan fingerprint density at radius 3 is 2.73 bits per heavy atom. The van der Waals surface area contributed by atoms with Crippen LogP contribution in [0.4, 0.5) is 0 Å². The molecule has 0 aromatic carbocycles. The second-order valence-electron chi connectivity index (χ2n) is 3.44. The predicted molar refractivity (Wildman–Crippen MR) is 50.6 cm³/mol. The summed E-state index contributed by atoms with van der Waals surface area (Å²) in [5.74, 6) is -0.977. The molecule has 1 saturated heterocycles. The number of likely N-dealkylation sites (tertiary alicyclic amines) is 1. The van der Waals surface area contributed by atoms with Crippen molar-refractivity contribution in [2.45, 2.75) is 25.3 Å². The monoisotopic (exact) mass is 214 g/mol. The van der Waals surface area contributed by atoms with Crippen molar-refractivity contribution in [2.24, 2.45) is 0 Å². The molecule has 0 radical (unpaired) electrons. The minimum Gasteiger partial charge on any atom is -0.396 e. The van der Waals surface area contributed by atoms with Crippen molar-refractivity contribution < 1.29 is 19.5 Å². The molecule has 0 aromatic rings. The van der Waals surface area contributed by atoms with E-state index in [9.17, 15) is 14.4 Å². The maximum Gasteiger partial charge on any atom is 0.252 e. The van der Waals surface area contributed by atoms with Crippen molar-refractivity contribution in [3.63, 3.8) is 0 Å². The van der Waals surface area contributed by atoms with Crippen molar-refractivity contribution in [3.8, 4) is 0 Å². The third-order valence-corrected chi connectivity index (χ3v) is 2.28. The van der Waals surface area contributed by atoms with Gasteiger partial charge in [-0.05, 0) is 6.42 Å². The lowest BCUT2D eigenvalue weighted by Gasteiger charge is -2.10. The van der Waals surface area contributed by atoms with Gasteiger partial charge in [0.25, 0.3) is 5.91 Å². The number of aliphatic hydroxyl groups is 1. The van der Waals surface area contributed by atoms with Crippen LogP contribution in [0.2, 0.25) is 0 Å². The fourth-order valence-corrected chi connectivity index (χ4v) is 1.37. The lowest BCUT2D eigenvalue weighted by atomic mass is 10.2. The maximum atomic E-state index is 11.4. The van der Waals surface area contributed by atoms with Gasteiger partial charge >= 0.3 is 0 Å². The lowest BCUT2D eigenvalue weighted by molar-refractivity contribution is -0.138. The normalized spacial score (nSPS) is 20.9. The molecule has 6 nitrogen and oxygen atoms in total. The highest BCUT2D eigenvalue weighted by Crippen LogP contribution is 2.10.